The topological polar surface area (TPSA) is 42.0 Å². The summed E-state index contributed by atoms with van der Waals surface area (Å²) in [6.07, 6.45) is 6.50. The number of amides is 1. The summed E-state index contributed by atoms with van der Waals surface area (Å²) >= 11 is 0. The van der Waals surface area contributed by atoms with Gasteiger partial charge in [-0.1, -0.05) is 0 Å². The summed E-state index contributed by atoms with van der Waals surface area (Å²) in [6, 6.07) is 3.95. The highest BCUT2D eigenvalue weighted by atomic mass is 16.1. The lowest BCUT2D eigenvalue weighted by Gasteiger charge is -2.21. The van der Waals surface area contributed by atoms with Gasteiger partial charge < -0.3 is 5.32 Å². The van der Waals surface area contributed by atoms with Crippen LogP contribution in [0.15, 0.2) is 24.5 Å². The highest BCUT2D eigenvalue weighted by Crippen LogP contribution is 2.16. The van der Waals surface area contributed by atoms with E-state index in [1.165, 1.54) is 5.56 Å². The van der Waals surface area contributed by atoms with Crippen molar-refractivity contribution in [2.24, 2.45) is 5.92 Å². The van der Waals surface area contributed by atoms with Crippen LogP contribution >= 0.6 is 0 Å². The maximum absolute atomic E-state index is 11.5. The van der Waals surface area contributed by atoms with Crippen molar-refractivity contribution in [3.05, 3.63) is 30.1 Å². The van der Waals surface area contributed by atoms with Crippen molar-refractivity contribution in [1.82, 2.24) is 10.3 Å². The molecule has 1 aliphatic heterocycles. The molecule has 14 heavy (non-hydrogen) atoms. The van der Waals surface area contributed by atoms with Crippen molar-refractivity contribution in [1.29, 1.82) is 0 Å². The second kappa shape index (κ2) is 4.22. The van der Waals surface area contributed by atoms with E-state index < -0.39 is 0 Å². The number of pyridine rings is 1. The average Bonchev–Trinajstić information content (AvgIpc) is 2.23. The van der Waals surface area contributed by atoms with E-state index in [1.807, 2.05) is 12.1 Å². The van der Waals surface area contributed by atoms with E-state index in [4.69, 9.17) is 0 Å². The van der Waals surface area contributed by atoms with Crippen LogP contribution in [-0.2, 0) is 11.2 Å². The molecule has 1 fully saturated rings. The van der Waals surface area contributed by atoms with E-state index in [2.05, 4.69) is 10.3 Å². The van der Waals surface area contributed by atoms with Crippen LogP contribution in [-0.4, -0.2) is 17.4 Å². The summed E-state index contributed by atoms with van der Waals surface area (Å²) in [5.41, 5.74) is 1.20. The lowest BCUT2D eigenvalue weighted by molar-refractivity contribution is -0.126. The average molecular weight is 190 g/mol. The maximum Gasteiger partial charge on any atom is 0.223 e. The van der Waals surface area contributed by atoms with Gasteiger partial charge in [-0.2, -0.15) is 0 Å². The zero-order valence-corrected chi connectivity index (χ0v) is 8.07. The number of carbonyl (C=O) groups is 1. The molecule has 1 unspecified atom stereocenters. The van der Waals surface area contributed by atoms with Crippen LogP contribution in [0.3, 0.4) is 0 Å². The molecule has 0 spiro atoms. The fraction of sp³-hybridized carbons (Fsp3) is 0.455. The van der Waals surface area contributed by atoms with Gasteiger partial charge >= 0.3 is 0 Å². The van der Waals surface area contributed by atoms with Gasteiger partial charge in [-0.3, -0.25) is 9.78 Å². The summed E-state index contributed by atoms with van der Waals surface area (Å²) in [7, 11) is 0. The standard InChI is InChI=1S/C11H14N2O/c14-11-10(2-1-5-13-11)8-9-3-6-12-7-4-9/h3-4,6-7,10H,1-2,5,8H2,(H,13,14). The molecule has 2 rings (SSSR count). The van der Waals surface area contributed by atoms with E-state index in [1.54, 1.807) is 12.4 Å². The van der Waals surface area contributed by atoms with Crippen molar-refractivity contribution in [2.45, 2.75) is 19.3 Å². The van der Waals surface area contributed by atoms with Gasteiger partial charge in [-0.05, 0) is 37.0 Å². The van der Waals surface area contributed by atoms with E-state index in [9.17, 15) is 4.79 Å². The Kier molecular flexibility index (Phi) is 2.77. The summed E-state index contributed by atoms with van der Waals surface area (Å²) < 4.78 is 0. The van der Waals surface area contributed by atoms with Crippen LogP contribution in [0.25, 0.3) is 0 Å². The third-order valence-electron chi connectivity index (χ3n) is 2.63. The Bertz CT molecular complexity index is 310. The van der Waals surface area contributed by atoms with Gasteiger partial charge in [0.2, 0.25) is 5.91 Å². The largest absolute Gasteiger partial charge is 0.356 e. The van der Waals surface area contributed by atoms with E-state index >= 15 is 0 Å². The third-order valence-corrected chi connectivity index (χ3v) is 2.63. The lowest BCUT2D eigenvalue weighted by Crippen LogP contribution is -2.37. The number of nitrogens with one attached hydrogen (secondary N) is 1. The highest BCUT2D eigenvalue weighted by Gasteiger charge is 2.21. The van der Waals surface area contributed by atoms with E-state index in [-0.39, 0.29) is 11.8 Å². The van der Waals surface area contributed by atoms with Crippen LogP contribution in [0, 0.1) is 5.92 Å². The Morgan fingerprint density at radius 1 is 1.43 bits per heavy atom. The number of aromatic nitrogens is 1. The monoisotopic (exact) mass is 190 g/mol. The van der Waals surface area contributed by atoms with Gasteiger partial charge in [0.15, 0.2) is 0 Å². The van der Waals surface area contributed by atoms with Crippen molar-refractivity contribution < 1.29 is 4.79 Å². The summed E-state index contributed by atoms with van der Waals surface area (Å²) in [6.45, 7) is 0.839. The zero-order valence-electron chi connectivity index (χ0n) is 8.07. The summed E-state index contributed by atoms with van der Waals surface area (Å²) in [4.78, 5) is 15.4. The molecular formula is C11H14N2O. The Morgan fingerprint density at radius 2 is 2.21 bits per heavy atom. The number of hydrogen-bond acceptors (Lipinski definition) is 2. The van der Waals surface area contributed by atoms with Gasteiger partial charge in [-0.25, -0.2) is 0 Å². The first-order valence-electron chi connectivity index (χ1n) is 5.03. The molecule has 74 valence electrons. The Labute approximate surface area is 83.5 Å². The van der Waals surface area contributed by atoms with E-state index in [0.717, 1.165) is 25.8 Å². The second-order valence-corrected chi connectivity index (χ2v) is 3.69. The molecule has 2 heterocycles. The predicted octanol–water partition coefficient (Wildman–Crippen LogP) is 1.15. The fourth-order valence-electron chi connectivity index (χ4n) is 1.83. The zero-order chi connectivity index (χ0) is 9.80. The van der Waals surface area contributed by atoms with Gasteiger partial charge in [0.25, 0.3) is 0 Å². The summed E-state index contributed by atoms with van der Waals surface area (Å²) in [5.74, 6) is 0.360. The minimum Gasteiger partial charge on any atom is -0.356 e. The van der Waals surface area contributed by atoms with Crippen molar-refractivity contribution in [3.63, 3.8) is 0 Å². The van der Waals surface area contributed by atoms with Crippen molar-refractivity contribution >= 4 is 5.91 Å². The Hall–Kier alpha value is -1.38. The van der Waals surface area contributed by atoms with Crippen LogP contribution in [0.1, 0.15) is 18.4 Å². The molecule has 1 atom stereocenters. The normalized spacial score (nSPS) is 21.7. The molecule has 1 amide bonds. The first-order chi connectivity index (χ1) is 6.86. The first-order valence-corrected chi connectivity index (χ1v) is 5.03. The molecule has 0 aromatic carbocycles. The fourth-order valence-corrected chi connectivity index (χ4v) is 1.83. The van der Waals surface area contributed by atoms with Crippen molar-refractivity contribution in [3.8, 4) is 0 Å². The molecule has 1 aromatic rings. The molecule has 3 nitrogen and oxygen atoms in total. The van der Waals surface area contributed by atoms with Gasteiger partial charge in [-0.15, -0.1) is 0 Å². The smallest absolute Gasteiger partial charge is 0.223 e. The van der Waals surface area contributed by atoms with Crippen LogP contribution < -0.4 is 5.32 Å². The molecule has 1 saturated heterocycles. The van der Waals surface area contributed by atoms with Crippen LogP contribution in [0.2, 0.25) is 0 Å². The molecule has 0 bridgehead atoms. The number of carbonyl (C=O) groups excluding carboxylic acids is 1. The third kappa shape index (κ3) is 2.10. The quantitative estimate of drug-likeness (QED) is 0.760. The molecule has 1 aliphatic rings. The number of piperidine rings is 1. The highest BCUT2D eigenvalue weighted by molar-refractivity contribution is 5.79. The van der Waals surface area contributed by atoms with E-state index in [0.29, 0.717) is 0 Å². The number of nitrogens with zero attached hydrogens (tertiary/aromatic N) is 1. The Morgan fingerprint density at radius 3 is 2.93 bits per heavy atom. The van der Waals surface area contributed by atoms with Gasteiger partial charge in [0.05, 0.1) is 0 Å². The van der Waals surface area contributed by atoms with Crippen LogP contribution in [0.5, 0.6) is 0 Å². The second-order valence-electron chi connectivity index (χ2n) is 3.69. The van der Waals surface area contributed by atoms with Crippen LogP contribution in [0.4, 0.5) is 0 Å². The molecule has 3 heteroatoms. The molecular weight excluding hydrogens is 176 g/mol. The van der Waals surface area contributed by atoms with Crippen molar-refractivity contribution in [2.75, 3.05) is 6.54 Å². The molecule has 0 saturated carbocycles. The molecule has 0 aliphatic carbocycles. The number of hydrogen-bond donors (Lipinski definition) is 1. The molecule has 1 aromatic heterocycles. The summed E-state index contributed by atoms with van der Waals surface area (Å²) in [5, 5.41) is 2.90. The Balaban J connectivity index is 2.00. The lowest BCUT2D eigenvalue weighted by atomic mass is 9.92. The maximum atomic E-state index is 11.5. The minimum atomic E-state index is 0.158. The molecule has 1 N–H and O–H groups in total. The molecule has 0 radical (unpaired) electrons. The van der Waals surface area contributed by atoms with Gasteiger partial charge in [0.1, 0.15) is 0 Å². The number of rotatable bonds is 2. The minimum absolute atomic E-state index is 0.158. The van der Waals surface area contributed by atoms with Gasteiger partial charge in [0, 0.05) is 24.9 Å². The predicted molar refractivity (Wildman–Crippen MR) is 53.7 cm³/mol. The SMILES string of the molecule is O=C1NCCCC1Cc1ccncc1. The first kappa shape index (κ1) is 9.19.